The maximum Gasteiger partial charge on any atom is 0.170 e. The topological polar surface area (TPSA) is 40.6 Å². The summed E-state index contributed by atoms with van der Waals surface area (Å²) in [5, 5.41) is 0.943. The fourth-order valence-electron chi connectivity index (χ4n) is 2.91. The van der Waals surface area contributed by atoms with E-state index in [4.69, 9.17) is 19.2 Å². The lowest BCUT2D eigenvalue weighted by Crippen LogP contribution is -1.98. The SMILES string of the molecule is CCc1cc2nc(-c3cccc(OC)c3)ccc2c(OC)c1OC. The van der Waals surface area contributed by atoms with E-state index in [1.165, 1.54) is 0 Å². The number of ether oxygens (including phenoxy) is 3. The molecule has 4 nitrogen and oxygen atoms in total. The van der Waals surface area contributed by atoms with Gasteiger partial charge in [0, 0.05) is 10.9 Å². The van der Waals surface area contributed by atoms with Crippen molar-refractivity contribution in [3.63, 3.8) is 0 Å². The van der Waals surface area contributed by atoms with Crippen LogP contribution in [0.2, 0.25) is 0 Å². The van der Waals surface area contributed by atoms with Gasteiger partial charge in [0.15, 0.2) is 11.5 Å². The fraction of sp³-hybridized carbons (Fsp3) is 0.250. The summed E-state index contributed by atoms with van der Waals surface area (Å²) in [6.07, 6.45) is 0.848. The molecule has 2 aromatic carbocycles. The number of aryl methyl sites for hydroxylation is 1. The second kappa shape index (κ2) is 6.79. The Kier molecular flexibility index (Phi) is 4.56. The Balaban J connectivity index is 2.20. The molecule has 1 aromatic heterocycles. The first-order valence-corrected chi connectivity index (χ1v) is 7.90. The number of pyridine rings is 1. The van der Waals surface area contributed by atoms with Crippen molar-refractivity contribution in [2.75, 3.05) is 21.3 Å². The molecule has 0 N–H and O–H groups in total. The second-order valence-corrected chi connectivity index (χ2v) is 5.45. The third kappa shape index (κ3) is 2.75. The van der Waals surface area contributed by atoms with Crippen molar-refractivity contribution < 1.29 is 14.2 Å². The minimum Gasteiger partial charge on any atom is -0.497 e. The summed E-state index contributed by atoms with van der Waals surface area (Å²) in [7, 11) is 4.99. The molecule has 124 valence electrons. The maximum atomic E-state index is 5.59. The Morgan fingerprint density at radius 1 is 0.875 bits per heavy atom. The molecule has 4 heteroatoms. The predicted octanol–water partition coefficient (Wildman–Crippen LogP) is 4.49. The van der Waals surface area contributed by atoms with Crippen molar-refractivity contribution >= 4 is 10.9 Å². The van der Waals surface area contributed by atoms with Gasteiger partial charge in [-0.1, -0.05) is 19.1 Å². The van der Waals surface area contributed by atoms with E-state index in [-0.39, 0.29) is 0 Å². The fourth-order valence-corrected chi connectivity index (χ4v) is 2.91. The molecule has 0 spiro atoms. The largest absolute Gasteiger partial charge is 0.497 e. The lowest BCUT2D eigenvalue weighted by Gasteiger charge is -2.15. The third-order valence-corrected chi connectivity index (χ3v) is 4.13. The average Bonchev–Trinajstić information content (AvgIpc) is 2.65. The summed E-state index contributed by atoms with van der Waals surface area (Å²) in [6, 6.07) is 14.0. The molecule has 0 amide bonds. The van der Waals surface area contributed by atoms with E-state index in [0.29, 0.717) is 0 Å². The van der Waals surface area contributed by atoms with Crippen molar-refractivity contribution in [2.45, 2.75) is 13.3 Å². The first-order chi connectivity index (χ1) is 11.7. The van der Waals surface area contributed by atoms with Gasteiger partial charge in [-0.25, -0.2) is 4.98 Å². The highest BCUT2D eigenvalue weighted by Gasteiger charge is 2.15. The molecule has 0 bridgehead atoms. The molecule has 0 saturated carbocycles. The lowest BCUT2D eigenvalue weighted by atomic mass is 10.0. The van der Waals surface area contributed by atoms with E-state index >= 15 is 0 Å². The molecule has 0 saturated heterocycles. The van der Waals surface area contributed by atoms with Crippen LogP contribution in [0.15, 0.2) is 42.5 Å². The van der Waals surface area contributed by atoms with E-state index in [2.05, 4.69) is 13.0 Å². The average molecular weight is 323 g/mol. The van der Waals surface area contributed by atoms with Crippen LogP contribution in [0.4, 0.5) is 0 Å². The predicted molar refractivity (Wildman–Crippen MR) is 96.2 cm³/mol. The van der Waals surface area contributed by atoms with Crippen LogP contribution in [-0.2, 0) is 6.42 Å². The number of hydrogen-bond acceptors (Lipinski definition) is 4. The zero-order valence-electron chi connectivity index (χ0n) is 14.4. The number of methoxy groups -OCH3 is 3. The number of hydrogen-bond donors (Lipinski definition) is 0. The van der Waals surface area contributed by atoms with Crippen LogP contribution in [0.25, 0.3) is 22.2 Å². The van der Waals surface area contributed by atoms with Gasteiger partial charge in [-0.05, 0) is 42.3 Å². The minimum absolute atomic E-state index is 0.733. The van der Waals surface area contributed by atoms with Crippen LogP contribution < -0.4 is 14.2 Å². The van der Waals surface area contributed by atoms with Crippen molar-refractivity contribution in [2.24, 2.45) is 0 Å². The van der Waals surface area contributed by atoms with Gasteiger partial charge < -0.3 is 14.2 Å². The number of rotatable bonds is 5. The van der Waals surface area contributed by atoms with Crippen molar-refractivity contribution in [1.82, 2.24) is 4.98 Å². The van der Waals surface area contributed by atoms with Crippen LogP contribution in [0.5, 0.6) is 17.2 Å². The molecule has 0 aliphatic heterocycles. The number of nitrogens with zero attached hydrogens (tertiary/aromatic N) is 1. The smallest absolute Gasteiger partial charge is 0.170 e. The van der Waals surface area contributed by atoms with Crippen molar-refractivity contribution in [3.8, 4) is 28.5 Å². The minimum atomic E-state index is 0.733. The van der Waals surface area contributed by atoms with Gasteiger partial charge in [-0.3, -0.25) is 0 Å². The molecule has 24 heavy (non-hydrogen) atoms. The standard InChI is InChI=1S/C20H21NO3/c1-5-13-12-18-16(20(24-4)19(13)23-3)9-10-17(21-18)14-7-6-8-15(11-14)22-2/h6-12H,5H2,1-4H3. The van der Waals surface area contributed by atoms with Gasteiger partial charge in [-0.15, -0.1) is 0 Å². The summed E-state index contributed by atoms with van der Waals surface area (Å²) in [6.45, 7) is 2.09. The van der Waals surface area contributed by atoms with Crippen LogP contribution in [-0.4, -0.2) is 26.3 Å². The molecule has 0 aliphatic rings. The zero-order chi connectivity index (χ0) is 17.1. The van der Waals surface area contributed by atoms with E-state index in [1.807, 2.05) is 36.4 Å². The maximum absolute atomic E-state index is 5.59. The van der Waals surface area contributed by atoms with E-state index in [9.17, 15) is 0 Å². The van der Waals surface area contributed by atoms with Gasteiger partial charge in [0.1, 0.15) is 5.75 Å². The normalized spacial score (nSPS) is 10.7. The van der Waals surface area contributed by atoms with Gasteiger partial charge in [0.25, 0.3) is 0 Å². The van der Waals surface area contributed by atoms with Gasteiger partial charge in [0.2, 0.25) is 0 Å². The van der Waals surface area contributed by atoms with Crippen LogP contribution in [0, 0.1) is 0 Å². The molecule has 0 fully saturated rings. The molecular weight excluding hydrogens is 302 g/mol. The van der Waals surface area contributed by atoms with Crippen LogP contribution in [0.3, 0.4) is 0 Å². The molecule has 0 aliphatic carbocycles. The Morgan fingerprint density at radius 3 is 2.33 bits per heavy atom. The molecule has 1 heterocycles. The molecule has 3 aromatic rings. The Hall–Kier alpha value is -2.75. The Morgan fingerprint density at radius 2 is 1.67 bits per heavy atom. The van der Waals surface area contributed by atoms with E-state index in [1.54, 1.807) is 21.3 Å². The van der Waals surface area contributed by atoms with Gasteiger partial charge in [0.05, 0.1) is 32.5 Å². The second-order valence-electron chi connectivity index (χ2n) is 5.45. The third-order valence-electron chi connectivity index (χ3n) is 4.13. The zero-order valence-corrected chi connectivity index (χ0v) is 14.4. The summed E-state index contributed by atoms with van der Waals surface area (Å²) >= 11 is 0. The molecular formula is C20H21NO3. The van der Waals surface area contributed by atoms with E-state index < -0.39 is 0 Å². The lowest BCUT2D eigenvalue weighted by molar-refractivity contribution is 0.355. The first kappa shape index (κ1) is 16.1. The highest BCUT2D eigenvalue weighted by Crippen LogP contribution is 2.39. The Labute approximate surface area is 142 Å². The monoisotopic (exact) mass is 323 g/mol. The summed E-state index contributed by atoms with van der Waals surface area (Å²) in [5.41, 5.74) is 3.89. The molecule has 0 radical (unpaired) electrons. The highest BCUT2D eigenvalue weighted by molar-refractivity contribution is 5.91. The quantitative estimate of drug-likeness (QED) is 0.693. The molecule has 0 unspecified atom stereocenters. The first-order valence-electron chi connectivity index (χ1n) is 7.90. The van der Waals surface area contributed by atoms with E-state index in [0.717, 1.165) is 51.4 Å². The van der Waals surface area contributed by atoms with Crippen LogP contribution >= 0.6 is 0 Å². The number of aromatic nitrogens is 1. The summed E-state index contributed by atoms with van der Waals surface area (Å²) in [5.74, 6) is 2.33. The molecule has 0 atom stereocenters. The summed E-state index contributed by atoms with van der Waals surface area (Å²) < 4.78 is 16.4. The Bertz CT molecular complexity index is 874. The number of fused-ring (bicyclic) bond motifs is 1. The van der Waals surface area contributed by atoms with Crippen molar-refractivity contribution in [3.05, 3.63) is 48.0 Å². The highest BCUT2D eigenvalue weighted by atomic mass is 16.5. The summed E-state index contributed by atoms with van der Waals surface area (Å²) in [4.78, 5) is 4.82. The van der Waals surface area contributed by atoms with Gasteiger partial charge >= 0.3 is 0 Å². The van der Waals surface area contributed by atoms with Gasteiger partial charge in [-0.2, -0.15) is 0 Å². The van der Waals surface area contributed by atoms with Crippen LogP contribution in [0.1, 0.15) is 12.5 Å². The number of benzene rings is 2. The molecule has 3 rings (SSSR count). The van der Waals surface area contributed by atoms with Crippen molar-refractivity contribution in [1.29, 1.82) is 0 Å².